The van der Waals surface area contributed by atoms with Crippen LogP contribution in [-0.2, 0) is 0 Å². The number of nitrogens with two attached hydrogens (primary N) is 4. The summed E-state index contributed by atoms with van der Waals surface area (Å²) in [5.41, 5.74) is 32.8. The van der Waals surface area contributed by atoms with Crippen molar-refractivity contribution >= 4 is 22.7 Å². The number of benzene rings is 2. The summed E-state index contributed by atoms with van der Waals surface area (Å²) in [6.45, 7) is 7.79. The average Bonchev–Trinajstić information content (AvgIpc) is 2.40. The van der Waals surface area contributed by atoms with Crippen LogP contribution < -0.4 is 22.9 Å². The van der Waals surface area contributed by atoms with E-state index in [9.17, 15) is 0 Å². The van der Waals surface area contributed by atoms with Gasteiger partial charge >= 0.3 is 0 Å². The van der Waals surface area contributed by atoms with Crippen LogP contribution in [-0.4, -0.2) is 0 Å². The third kappa shape index (κ3) is 1.93. The first-order valence-corrected chi connectivity index (χ1v) is 6.56. The van der Waals surface area contributed by atoms with Crippen molar-refractivity contribution in [3.8, 4) is 11.1 Å². The molecule has 2 aromatic rings. The van der Waals surface area contributed by atoms with Crippen molar-refractivity contribution in [1.82, 2.24) is 0 Å². The van der Waals surface area contributed by atoms with Gasteiger partial charge < -0.3 is 22.9 Å². The molecule has 0 atom stereocenters. The van der Waals surface area contributed by atoms with Gasteiger partial charge in [-0.3, -0.25) is 0 Å². The lowest BCUT2D eigenvalue weighted by molar-refractivity contribution is 1.36. The molecule has 0 saturated carbocycles. The fraction of sp³-hybridized carbons (Fsp3) is 0.250. The van der Waals surface area contributed by atoms with Gasteiger partial charge in [-0.1, -0.05) is 0 Å². The van der Waals surface area contributed by atoms with Gasteiger partial charge in [0.15, 0.2) is 0 Å². The van der Waals surface area contributed by atoms with Crippen LogP contribution in [0.25, 0.3) is 11.1 Å². The second-order valence-corrected chi connectivity index (χ2v) is 5.39. The van der Waals surface area contributed by atoms with Gasteiger partial charge in [0.2, 0.25) is 0 Å². The zero-order valence-electron chi connectivity index (χ0n) is 12.5. The van der Waals surface area contributed by atoms with Crippen LogP contribution in [0.4, 0.5) is 22.7 Å². The Balaban J connectivity index is 2.83. The van der Waals surface area contributed by atoms with Crippen LogP contribution in [0.1, 0.15) is 22.3 Å². The van der Waals surface area contributed by atoms with Gasteiger partial charge in [0.05, 0.1) is 0 Å². The summed E-state index contributed by atoms with van der Waals surface area (Å²) in [7, 11) is 0. The molecule has 0 aliphatic heterocycles. The molecule has 0 bridgehead atoms. The Hall–Kier alpha value is -2.36. The number of nitrogen functional groups attached to an aromatic ring is 4. The fourth-order valence-electron chi connectivity index (χ4n) is 2.52. The van der Waals surface area contributed by atoms with Crippen LogP contribution in [0.5, 0.6) is 0 Å². The summed E-state index contributed by atoms with van der Waals surface area (Å²) in [5, 5.41) is 0. The van der Waals surface area contributed by atoms with Crippen molar-refractivity contribution in [2.75, 3.05) is 22.9 Å². The molecule has 0 radical (unpaired) electrons. The molecule has 2 aromatic carbocycles. The zero-order valence-corrected chi connectivity index (χ0v) is 12.5. The predicted octanol–water partition coefficient (Wildman–Crippen LogP) is 2.92. The van der Waals surface area contributed by atoms with E-state index >= 15 is 0 Å². The van der Waals surface area contributed by atoms with E-state index in [1.54, 1.807) is 0 Å². The molecule has 0 heterocycles. The Morgan fingerprint density at radius 2 is 1.00 bits per heavy atom. The van der Waals surface area contributed by atoms with E-state index in [0.29, 0.717) is 17.1 Å². The molecule has 106 valence electrons. The molecule has 20 heavy (non-hydrogen) atoms. The zero-order chi connectivity index (χ0) is 15.2. The van der Waals surface area contributed by atoms with E-state index in [0.717, 1.165) is 39.1 Å². The third-order valence-corrected chi connectivity index (χ3v) is 4.04. The van der Waals surface area contributed by atoms with Gasteiger partial charge in [0.25, 0.3) is 0 Å². The molecule has 0 saturated heterocycles. The Bertz CT molecular complexity index is 650. The minimum Gasteiger partial charge on any atom is -0.398 e. The summed E-state index contributed by atoms with van der Waals surface area (Å²) < 4.78 is 0. The van der Waals surface area contributed by atoms with E-state index in [4.69, 9.17) is 22.9 Å². The summed E-state index contributed by atoms with van der Waals surface area (Å²) in [6, 6.07) is 4.03. The lowest BCUT2D eigenvalue weighted by atomic mass is 9.92. The molecule has 0 spiro atoms. The van der Waals surface area contributed by atoms with Crippen molar-refractivity contribution < 1.29 is 0 Å². The molecule has 0 aliphatic rings. The highest BCUT2D eigenvalue weighted by Gasteiger charge is 2.17. The van der Waals surface area contributed by atoms with Crippen molar-refractivity contribution in [3.05, 3.63) is 34.4 Å². The number of hydrogen-bond acceptors (Lipinski definition) is 4. The van der Waals surface area contributed by atoms with Crippen LogP contribution in [0, 0.1) is 27.7 Å². The molecule has 2 rings (SSSR count). The number of hydrogen-bond donors (Lipinski definition) is 4. The Morgan fingerprint density at radius 3 is 1.40 bits per heavy atom. The van der Waals surface area contributed by atoms with Gasteiger partial charge in [-0.05, 0) is 67.6 Å². The largest absolute Gasteiger partial charge is 0.398 e. The number of aryl methyl sites for hydroxylation is 2. The van der Waals surface area contributed by atoms with E-state index in [-0.39, 0.29) is 0 Å². The fourth-order valence-corrected chi connectivity index (χ4v) is 2.52. The van der Waals surface area contributed by atoms with Crippen LogP contribution in [0.3, 0.4) is 0 Å². The van der Waals surface area contributed by atoms with Crippen molar-refractivity contribution in [1.29, 1.82) is 0 Å². The summed E-state index contributed by atoms with van der Waals surface area (Å²) in [4.78, 5) is 0. The molecule has 0 unspecified atom stereocenters. The highest BCUT2D eigenvalue weighted by Crippen LogP contribution is 2.41. The van der Waals surface area contributed by atoms with Crippen molar-refractivity contribution in [2.45, 2.75) is 27.7 Å². The maximum absolute atomic E-state index is 6.23. The molecule has 4 heteroatoms. The SMILES string of the molecule is Cc1cc(-c2c(N)c(C)c(N)c(C)c2N)cc(C)c1N. The van der Waals surface area contributed by atoms with E-state index in [1.165, 1.54) is 0 Å². The molecular formula is C16H22N4. The summed E-state index contributed by atoms with van der Waals surface area (Å²) >= 11 is 0. The monoisotopic (exact) mass is 270 g/mol. The van der Waals surface area contributed by atoms with Gasteiger partial charge in [0, 0.05) is 28.3 Å². The second-order valence-electron chi connectivity index (χ2n) is 5.39. The predicted molar refractivity (Wildman–Crippen MR) is 88.5 cm³/mol. The lowest BCUT2D eigenvalue weighted by Gasteiger charge is -2.19. The molecule has 0 aromatic heterocycles. The minimum absolute atomic E-state index is 0.633. The maximum atomic E-state index is 6.23. The highest BCUT2D eigenvalue weighted by atomic mass is 14.7. The topological polar surface area (TPSA) is 104 Å². The van der Waals surface area contributed by atoms with Gasteiger partial charge in [-0.2, -0.15) is 0 Å². The van der Waals surface area contributed by atoms with E-state index < -0.39 is 0 Å². The molecule has 8 N–H and O–H groups in total. The summed E-state index contributed by atoms with van der Waals surface area (Å²) in [5.74, 6) is 0. The van der Waals surface area contributed by atoms with Crippen LogP contribution >= 0.6 is 0 Å². The number of anilines is 4. The first kappa shape index (κ1) is 14.1. The van der Waals surface area contributed by atoms with Gasteiger partial charge in [-0.15, -0.1) is 0 Å². The maximum Gasteiger partial charge on any atom is 0.0465 e. The smallest absolute Gasteiger partial charge is 0.0465 e. The second kappa shape index (κ2) is 4.63. The first-order chi connectivity index (χ1) is 9.25. The average molecular weight is 270 g/mol. The molecule has 4 nitrogen and oxygen atoms in total. The quantitative estimate of drug-likeness (QED) is 0.598. The Labute approximate surface area is 119 Å². The van der Waals surface area contributed by atoms with Gasteiger partial charge in [-0.25, -0.2) is 0 Å². The Morgan fingerprint density at radius 1 is 0.600 bits per heavy atom. The lowest BCUT2D eigenvalue weighted by Crippen LogP contribution is -2.06. The molecule has 0 aliphatic carbocycles. The van der Waals surface area contributed by atoms with Crippen molar-refractivity contribution in [3.63, 3.8) is 0 Å². The minimum atomic E-state index is 0.633. The Kier molecular flexibility index (Phi) is 3.26. The van der Waals surface area contributed by atoms with Crippen LogP contribution in [0.15, 0.2) is 12.1 Å². The van der Waals surface area contributed by atoms with Crippen LogP contribution in [0.2, 0.25) is 0 Å². The standard InChI is InChI=1S/C16H22N4/c1-7-5-11(6-8(2)13(7)17)12-15(19)9(3)14(18)10(4)16(12)20/h5-6H,17-20H2,1-4H3. The molecule has 0 amide bonds. The molecular weight excluding hydrogens is 248 g/mol. The van der Waals surface area contributed by atoms with E-state index in [1.807, 2.05) is 39.8 Å². The third-order valence-electron chi connectivity index (χ3n) is 4.04. The highest BCUT2D eigenvalue weighted by molar-refractivity contribution is 5.94. The summed E-state index contributed by atoms with van der Waals surface area (Å²) in [6.07, 6.45) is 0. The van der Waals surface area contributed by atoms with Gasteiger partial charge in [0.1, 0.15) is 0 Å². The van der Waals surface area contributed by atoms with Crippen molar-refractivity contribution in [2.24, 2.45) is 0 Å². The first-order valence-electron chi connectivity index (χ1n) is 6.56. The number of rotatable bonds is 1. The molecule has 0 fully saturated rings. The van der Waals surface area contributed by atoms with E-state index in [2.05, 4.69) is 0 Å². The normalized spacial score (nSPS) is 10.8.